The van der Waals surface area contributed by atoms with Gasteiger partial charge in [-0.15, -0.1) is 0 Å². The number of rotatable bonds is 4. The van der Waals surface area contributed by atoms with Gasteiger partial charge < -0.3 is 15.2 Å². The van der Waals surface area contributed by atoms with Crippen molar-refractivity contribution >= 4 is 11.8 Å². The number of hydrogen-bond acceptors (Lipinski definition) is 5. The number of carbonyl (C=O) groups is 2. The molecule has 0 unspecified atom stereocenters. The van der Waals surface area contributed by atoms with E-state index in [2.05, 4.69) is 25.2 Å². The van der Waals surface area contributed by atoms with Gasteiger partial charge in [0.2, 0.25) is 11.8 Å². The number of H-pyrrole nitrogens is 1. The molecule has 130 valence electrons. The van der Waals surface area contributed by atoms with Crippen molar-refractivity contribution in [2.75, 3.05) is 19.6 Å². The fourth-order valence-corrected chi connectivity index (χ4v) is 3.48. The second-order valence-corrected chi connectivity index (χ2v) is 6.45. The van der Waals surface area contributed by atoms with Crippen LogP contribution in [-0.4, -0.2) is 68.3 Å². The number of fused-ring (bicyclic) bond motifs is 1. The summed E-state index contributed by atoms with van der Waals surface area (Å²) in [5.41, 5.74) is 1.81. The largest absolute Gasteiger partial charge is 0.348 e. The number of nitrogens with one attached hydrogen (secondary N) is 2. The van der Waals surface area contributed by atoms with Crippen LogP contribution in [0.1, 0.15) is 11.4 Å². The SMILES string of the molecule is O=C1N[C@@H](Cc2cnc[nH]2)C(=O)N2CCN(Cc3ccccn3)C[C@H]12. The molecule has 0 aromatic carbocycles. The first-order chi connectivity index (χ1) is 12.2. The predicted molar refractivity (Wildman–Crippen MR) is 89.2 cm³/mol. The molecule has 0 aliphatic carbocycles. The molecule has 2 saturated heterocycles. The van der Waals surface area contributed by atoms with Crippen LogP contribution in [0.5, 0.6) is 0 Å². The van der Waals surface area contributed by atoms with E-state index in [1.807, 2.05) is 18.2 Å². The summed E-state index contributed by atoms with van der Waals surface area (Å²) in [6, 6.07) is 4.86. The van der Waals surface area contributed by atoms with E-state index >= 15 is 0 Å². The van der Waals surface area contributed by atoms with Crippen LogP contribution >= 0.6 is 0 Å². The predicted octanol–water partition coefficient (Wildman–Crippen LogP) is -0.441. The first-order valence-electron chi connectivity index (χ1n) is 8.41. The van der Waals surface area contributed by atoms with E-state index in [4.69, 9.17) is 0 Å². The molecule has 8 nitrogen and oxygen atoms in total. The van der Waals surface area contributed by atoms with Gasteiger partial charge in [0.15, 0.2) is 0 Å². The third-order valence-electron chi connectivity index (χ3n) is 4.76. The van der Waals surface area contributed by atoms with E-state index in [1.165, 1.54) is 0 Å². The van der Waals surface area contributed by atoms with Crippen LogP contribution in [0.2, 0.25) is 0 Å². The van der Waals surface area contributed by atoms with Gasteiger partial charge in [0.05, 0.1) is 12.0 Å². The summed E-state index contributed by atoms with van der Waals surface area (Å²) in [7, 11) is 0. The normalized spacial score (nSPS) is 24.1. The van der Waals surface area contributed by atoms with Gasteiger partial charge in [-0.3, -0.25) is 19.5 Å². The number of aromatic nitrogens is 3. The van der Waals surface area contributed by atoms with Crippen LogP contribution in [0.3, 0.4) is 0 Å². The van der Waals surface area contributed by atoms with E-state index in [-0.39, 0.29) is 11.8 Å². The van der Waals surface area contributed by atoms with Gasteiger partial charge in [0.1, 0.15) is 12.1 Å². The Kier molecular flexibility index (Phi) is 4.19. The van der Waals surface area contributed by atoms with Crippen LogP contribution in [-0.2, 0) is 22.6 Å². The molecular weight excluding hydrogens is 320 g/mol. The molecular formula is C17H20N6O2. The van der Waals surface area contributed by atoms with Gasteiger partial charge >= 0.3 is 0 Å². The molecule has 0 bridgehead atoms. The number of amides is 2. The molecule has 4 rings (SSSR count). The molecule has 0 saturated carbocycles. The molecule has 2 fully saturated rings. The van der Waals surface area contributed by atoms with Gasteiger partial charge in [-0.2, -0.15) is 0 Å². The van der Waals surface area contributed by atoms with Crippen molar-refractivity contribution in [1.82, 2.24) is 30.1 Å². The highest BCUT2D eigenvalue weighted by Crippen LogP contribution is 2.19. The van der Waals surface area contributed by atoms with E-state index in [0.717, 1.165) is 17.9 Å². The molecule has 2 aliphatic rings. The number of nitrogens with zero attached hydrogens (tertiary/aromatic N) is 4. The molecule has 0 radical (unpaired) electrons. The fourth-order valence-electron chi connectivity index (χ4n) is 3.48. The minimum Gasteiger partial charge on any atom is -0.348 e. The third kappa shape index (κ3) is 3.25. The Morgan fingerprint density at radius 1 is 1.24 bits per heavy atom. The third-order valence-corrected chi connectivity index (χ3v) is 4.76. The van der Waals surface area contributed by atoms with Crippen LogP contribution < -0.4 is 5.32 Å². The zero-order chi connectivity index (χ0) is 17.2. The van der Waals surface area contributed by atoms with Gasteiger partial charge in [-0.05, 0) is 12.1 Å². The molecule has 4 heterocycles. The van der Waals surface area contributed by atoms with Crippen LogP contribution in [0.15, 0.2) is 36.9 Å². The topological polar surface area (TPSA) is 94.2 Å². The number of piperazine rings is 2. The Morgan fingerprint density at radius 3 is 2.92 bits per heavy atom. The average Bonchev–Trinajstić information content (AvgIpc) is 3.13. The summed E-state index contributed by atoms with van der Waals surface area (Å²) < 4.78 is 0. The number of hydrogen-bond donors (Lipinski definition) is 2. The second kappa shape index (κ2) is 6.64. The van der Waals surface area contributed by atoms with Crippen LogP contribution in [0.4, 0.5) is 0 Å². The lowest BCUT2D eigenvalue weighted by atomic mass is 10.0. The molecule has 2 aliphatic heterocycles. The Balaban J connectivity index is 1.42. The molecule has 25 heavy (non-hydrogen) atoms. The zero-order valence-corrected chi connectivity index (χ0v) is 13.8. The number of imidazole rings is 1. The Morgan fingerprint density at radius 2 is 2.16 bits per heavy atom. The van der Waals surface area contributed by atoms with Gasteiger partial charge in [0, 0.05) is 50.7 Å². The molecule has 0 spiro atoms. The number of pyridine rings is 1. The molecule has 2 atom stereocenters. The minimum atomic E-state index is -0.522. The standard InChI is InChI=1S/C17H20N6O2/c24-16-15-10-22(9-12-3-1-2-4-19-12)5-6-23(15)17(25)14(21-16)7-13-8-18-11-20-13/h1-4,8,11,14-15H,5-7,9-10H2,(H,18,20)(H,21,24)/t14-,15+/m0/s1. The molecule has 8 heteroatoms. The summed E-state index contributed by atoms with van der Waals surface area (Å²) in [4.78, 5) is 40.4. The smallest absolute Gasteiger partial charge is 0.246 e. The van der Waals surface area contributed by atoms with E-state index in [9.17, 15) is 9.59 Å². The summed E-state index contributed by atoms with van der Waals surface area (Å²) in [6.07, 6.45) is 5.45. The van der Waals surface area contributed by atoms with Crippen molar-refractivity contribution in [2.45, 2.75) is 25.0 Å². The van der Waals surface area contributed by atoms with Crippen molar-refractivity contribution in [3.63, 3.8) is 0 Å². The van der Waals surface area contributed by atoms with Crippen molar-refractivity contribution in [2.24, 2.45) is 0 Å². The lowest BCUT2D eigenvalue weighted by Gasteiger charge is -2.45. The van der Waals surface area contributed by atoms with E-state index in [0.29, 0.717) is 26.1 Å². The highest BCUT2D eigenvalue weighted by molar-refractivity contribution is 5.97. The maximum atomic E-state index is 12.7. The highest BCUT2D eigenvalue weighted by Gasteiger charge is 2.43. The van der Waals surface area contributed by atoms with Crippen molar-refractivity contribution in [3.8, 4) is 0 Å². The lowest BCUT2D eigenvalue weighted by molar-refractivity contribution is -0.153. The average molecular weight is 340 g/mol. The van der Waals surface area contributed by atoms with E-state index in [1.54, 1.807) is 23.6 Å². The summed E-state index contributed by atoms with van der Waals surface area (Å²) in [5.74, 6) is -0.105. The maximum absolute atomic E-state index is 12.7. The highest BCUT2D eigenvalue weighted by atomic mass is 16.2. The van der Waals surface area contributed by atoms with Crippen molar-refractivity contribution in [3.05, 3.63) is 48.3 Å². The molecule has 2 N–H and O–H groups in total. The quantitative estimate of drug-likeness (QED) is 0.787. The van der Waals surface area contributed by atoms with Gasteiger partial charge in [-0.1, -0.05) is 6.07 Å². The maximum Gasteiger partial charge on any atom is 0.246 e. The molecule has 2 aromatic heterocycles. The fraction of sp³-hybridized carbons (Fsp3) is 0.412. The van der Waals surface area contributed by atoms with Crippen molar-refractivity contribution in [1.29, 1.82) is 0 Å². The summed E-state index contributed by atoms with van der Waals surface area (Å²) >= 11 is 0. The zero-order valence-electron chi connectivity index (χ0n) is 13.8. The number of aromatic amines is 1. The molecule has 2 aromatic rings. The Bertz CT molecular complexity index is 748. The molecule has 2 amide bonds. The summed E-state index contributed by atoms with van der Waals surface area (Å²) in [5, 5.41) is 2.87. The summed E-state index contributed by atoms with van der Waals surface area (Å²) in [6.45, 7) is 2.52. The lowest BCUT2D eigenvalue weighted by Crippen LogP contribution is -2.69. The number of carbonyl (C=O) groups excluding carboxylic acids is 2. The Hall–Kier alpha value is -2.74. The van der Waals surface area contributed by atoms with Crippen LogP contribution in [0.25, 0.3) is 0 Å². The van der Waals surface area contributed by atoms with Gasteiger partial charge in [0.25, 0.3) is 0 Å². The van der Waals surface area contributed by atoms with Gasteiger partial charge in [-0.25, -0.2) is 4.98 Å². The second-order valence-electron chi connectivity index (χ2n) is 6.45. The van der Waals surface area contributed by atoms with Crippen molar-refractivity contribution < 1.29 is 9.59 Å². The Labute approximate surface area is 145 Å². The first-order valence-corrected chi connectivity index (χ1v) is 8.41. The minimum absolute atomic E-state index is 0.0170. The van der Waals surface area contributed by atoms with Crippen LogP contribution in [0, 0.1) is 0 Å². The van der Waals surface area contributed by atoms with E-state index < -0.39 is 12.1 Å². The monoisotopic (exact) mass is 340 g/mol. The first kappa shape index (κ1) is 15.8.